The van der Waals surface area contributed by atoms with Crippen molar-refractivity contribution < 1.29 is 27.1 Å². The number of alkyl halides is 3. The number of ether oxygens (including phenoxy) is 1. The van der Waals surface area contributed by atoms with Crippen molar-refractivity contribution in [2.45, 2.75) is 38.1 Å². The summed E-state index contributed by atoms with van der Waals surface area (Å²) in [5, 5.41) is 7.67. The van der Waals surface area contributed by atoms with Crippen LogP contribution in [0.1, 0.15) is 24.8 Å². The van der Waals surface area contributed by atoms with Crippen LogP contribution in [0.2, 0.25) is 0 Å². The van der Waals surface area contributed by atoms with Crippen molar-refractivity contribution in [3.05, 3.63) is 47.4 Å². The maximum Gasteiger partial charge on any atom is 0.430 e. The van der Waals surface area contributed by atoms with Crippen molar-refractivity contribution in [3.63, 3.8) is 0 Å². The second-order valence-corrected chi connectivity index (χ2v) is 6.25. The van der Waals surface area contributed by atoms with E-state index in [0.29, 0.717) is 13.0 Å². The number of allylic oxidation sites excluding steroid dienone is 1. The minimum atomic E-state index is -4.83. The molecule has 0 aromatic heterocycles. The Morgan fingerprint density at radius 2 is 2.07 bits per heavy atom. The van der Waals surface area contributed by atoms with Crippen LogP contribution in [0.5, 0.6) is 0 Å². The Hall–Kier alpha value is -2.42. The Balaban J connectivity index is 2.15. The van der Waals surface area contributed by atoms with Gasteiger partial charge >= 0.3 is 6.18 Å². The molecule has 1 aromatic rings. The van der Waals surface area contributed by atoms with Crippen LogP contribution in [-0.4, -0.2) is 42.0 Å². The number of nitrogens with two attached hydrogens (primary N) is 1. The number of amides is 1. The number of nitrogens with one attached hydrogen (secondary N) is 1. The van der Waals surface area contributed by atoms with E-state index in [1.54, 1.807) is 6.07 Å². The first kappa shape index (κ1) is 20.9. The van der Waals surface area contributed by atoms with Crippen LogP contribution in [0.3, 0.4) is 0 Å². The second kappa shape index (κ2) is 8.98. The van der Waals surface area contributed by atoms with Crippen molar-refractivity contribution in [1.29, 1.82) is 5.41 Å². The zero-order chi connectivity index (χ0) is 20.0. The average molecular weight is 387 g/mol. The lowest BCUT2D eigenvalue weighted by Gasteiger charge is -2.24. The van der Waals surface area contributed by atoms with Gasteiger partial charge in [0.05, 0.1) is 6.10 Å². The molecule has 0 radical (unpaired) electrons. The van der Waals surface area contributed by atoms with Crippen molar-refractivity contribution >= 4 is 11.6 Å². The van der Waals surface area contributed by atoms with Gasteiger partial charge in [0.25, 0.3) is 5.91 Å². The summed E-state index contributed by atoms with van der Waals surface area (Å²) < 4.78 is 57.0. The van der Waals surface area contributed by atoms with Gasteiger partial charge in [-0.15, -0.1) is 0 Å². The van der Waals surface area contributed by atoms with Gasteiger partial charge in [0.2, 0.25) is 0 Å². The van der Waals surface area contributed by atoms with Crippen LogP contribution >= 0.6 is 0 Å². The molecule has 1 saturated heterocycles. The van der Waals surface area contributed by atoms with E-state index in [-0.39, 0.29) is 30.8 Å². The lowest BCUT2D eigenvalue weighted by atomic mass is 10.1. The number of benzene rings is 1. The largest absolute Gasteiger partial charge is 0.430 e. The first-order valence-electron chi connectivity index (χ1n) is 8.45. The topological polar surface area (TPSA) is 79.4 Å². The summed E-state index contributed by atoms with van der Waals surface area (Å²) in [7, 11) is 0. The van der Waals surface area contributed by atoms with E-state index in [2.05, 4.69) is 0 Å². The standard InChI is InChI=1S/C18H21F4N3O2/c19-14-6-2-1-4-12(14)11-25(8-7-13-5-3-9-27-13)17(26)15(23)10-16(24)18(20,21)22/h1-2,4,6,10,13,23H,3,5,7-9,11,24H2. The fraction of sp³-hybridized carbons (Fsp3) is 0.444. The molecule has 0 bridgehead atoms. The summed E-state index contributed by atoms with van der Waals surface area (Å²) in [6.45, 7) is 0.576. The molecule has 0 saturated carbocycles. The molecule has 1 fully saturated rings. The fourth-order valence-electron chi connectivity index (χ4n) is 2.73. The minimum absolute atomic E-state index is 0.0640. The number of halogens is 4. The van der Waals surface area contributed by atoms with Crippen molar-refractivity contribution in [1.82, 2.24) is 4.90 Å². The molecule has 1 atom stereocenters. The van der Waals surface area contributed by atoms with E-state index in [4.69, 9.17) is 15.9 Å². The maximum absolute atomic E-state index is 13.9. The van der Waals surface area contributed by atoms with Gasteiger partial charge in [-0.05, 0) is 31.4 Å². The van der Waals surface area contributed by atoms with Gasteiger partial charge in [0.1, 0.15) is 17.2 Å². The Morgan fingerprint density at radius 1 is 1.37 bits per heavy atom. The van der Waals surface area contributed by atoms with Gasteiger partial charge in [0, 0.05) is 25.3 Å². The lowest BCUT2D eigenvalue weighted by molar-refractivity contribution is -0.125. The molecule has 9 heteroatoms. The Kier molecular flexibility index (Phi) is 6.95. The van der Waals surface area contributed by atoms with Crippen molar-refractivity contribution in [2.75, 3.05) is 13.2 Å². The van der Waals surface area contributed by atoms with Crippen LogP contribution in [0.4, 0.5) is 17.6 Å². The Morgan fingerprint density at radius 3 is 2.67 bits per heavy atom. The summed E-state index contributed by atoms with van der Waals surface area (Å²) in [6.07, 6.45) is -2.45. The highest BCUT2D eigenvalue weighted by molar-refractivity contribution is 6.42. The maximum atomic E-state index is 13.9. The van der Waals surface area contributed by atoms with Gasteiger partial charge in [0.15, 0.2) is 0 Å². The number of rotatable bonds is 7. The predicted molar refractivity (Wildman–Crippen MR) is 91.5 cm³/mol. The molecule has 2 rings (SSSR count). The number of hydrogen-bond donors (Lipinski definition) is 2. The summed E-state index contributed by atoms with van der Waals surface area (Å²) in [6, 6.07) is 5.79. The predicted octanol–water partition coefficient (Wildman–Crippen LogP) is 3.15. The molecule has 27 heavy (non-hydrogen) atoms. The lowest BCUT2D eigenvalue weighted by Crippen LogP contribution is -2.38. The minimum Gasteiger partial charge on any atom is -0.395 e. The van der Waals surface area contributed by atoms with Gasteiger partial charge in [-0.2, -0.15) is 13.2 Å². The third-order valence-electron chi connectivity index (χ3n) is 4.21. The summed E-state index contributed by atoms with van der Waals surface area (Å²) >= 11 is 0. The molecule has 1 unspecified atom stereocenters. The van der Waals surface area contributed by atoms with Gasteiger partial charge in [-0.3, -0.25) is 10.2 Å². The second-order valence-electron chi connectivity index (χ2n) is 6.25. The molecule has 1 amide bonds. The number of hydrogen-bond acceptors (Lipinski definition) is 4. The normalized spacial score (nSPS) is 17.8. The van der Waals surface area contributed by atoms with Crippen LogP contribution in [-0.2, 0) is 16.1 Å². The van der Waals surface area contributed by atoms with Gasteiger partial charge in [-0.1, -0.05) is 18.2 Å². The van der Waals surface area contributed by atoms with E-state index in [1.807, 2.05) is 0 Å². The van der Waals surface area contributed by atoms with Crippen LogP contribution < -0.4 is 5.73 Å². The molecule has 3 N–H and O–H groups in total. The fourth-order valence-corrected chi connectivity index (χ4v) is 2.73. The zero-order valence-corrected chi connectivity index (χ0v) is 14.6. The molecule has 148 valence electrons. The molecular weight excluding hydrogens is 366 g/mol. The summed E-state index contributed by atoms with van der Waals surface area (Å²) in [4.78, 5) is 13.6. The SMILES string of the molecule is N=C(C=C(N)C(F)(F)F)C(=O)N(CCC1CCCO1)Cc1ccccc1F. The molecule has 0 aliphatic carbocycles. The molecule has 5 nitrogen and oxygen atoms in total. The van der Waals surface area contributed by atoms with Crippen LogP contribution in [0.25, 0.3) is 0 Å². The molecule has 1 aliphatic heterocycles. The summed E-state index contributed by atoms with van der Waals surface area (Å²) in [5.74, 6) is -1.49. The first-order chi connectivity index (χ1) is 12.7. The van der Waals surface area contributed by atoms with E-state index in [9.17, 15) is 22.4 Å². The van der Waals surface area contributed by atoms with E-state index >= 15 is 0 Å². The Bertz CT molecular complexity index is 713. The third kappa shape index (κ3) is 6.06. The highest BCUT2D eigenvalue weighted by Gasteiger charge is 2.32. The van der Waals surface area contributed by atoms with Crippen LogP contribution in [0, 0.1) is 11.2 Å². The van der Waals surface area contributed by atoms with Crippen LogP contribution in [0.15, 0.2) is 36.0 Å². The zero-order valence-electron chi connectivity index (χ0n) is 14.6. The molecular formula is C18H21F4N3O2. The number of carbonyl (C=O) groups is 1. The van der Waals surface area contributed by atoms with E-state index in [1.165, 1.54) is 18.2 Å². The highest BCUT2D eigenvalue weighted by atomic mass is 19.4. The van der Waals surface area contributed by atoms with Crippen molar-refractivity contribution in [3.8, 4) is 0 Å². The first-order valence-corrected chi connectivity index (χ1v) is 8.45. The quantitative estimate of drug-likeness (QED) is 0.557. The van der Waals surface area contributed by atoms with E-state index < -0.39 is 29.3 Å². The monoisotopic (exact) mass is 387 g/mol. The van der Waals surface area contributed by atoms with Crippen molar-refractivity contribution in [2.24, 2.45) is 5.73 Å². The average Bonchev–Trinajstić information content (AvgIpc) is 3.12. The van der Waals surface area contributed by atoms with Gasteiger partial charge in [-0.25, -0.2) is 4.39 Å². The molecule has 1 aromatic carbocycles. The highest BCUT2D eigenvalue weighted by Crippen LogP contribution is 2.22. The molecule has 1 heterocycles. The third-order valence-corrected chi connectivity index (χ3v) is 4.21. The number of nitrogens with zero attached hydrogens (tertiary/aromatic N) is 1. The summed E-state index contributed by atoms with van der Waals surface area (Å²) in [5.41, 5.74) is 2.65. The van der Waals surface area contributed by atoms with E-state index in [0.717, 1.165) is 17.7 Å². The number of carbonyl (C=O) groups excluding carboxylic acids is 1. The molecule has 1 aliphatic rings. The smallest absolute Gasteiger partial charge is 0.395 e. The Labute approximate surface area is 154 Å². The molecule has 0 spiro atoms. The van der Waals surface area contributed by atoms with Gasteiger partial charge < -0.3 is 15.4 Å².